The smallest absolute Gasteiger partial charge is 1.00 e. The predicted molar refractivity (Wildman–Crippen MR) is 456 cm³/mol. The van der Waals surface area contributed by atoms with Crippen molar-refractivity contribution in [2.45, 2.75) is 137 Å². The molecule has 2 aromatic heterocycles. The Bertz CT molecular complexity index is 4750. The number of rotatable bonds is 18. The first-order valence-corrected chi connectivity index (χ1v) is 37.8. The molecule has 4 radical (unpaired) electrons. The van der Waals surface area contributed by atoms with Crippen LogP contribution in [0.4, 0.5) is 61.0 Å². The molecule has 0 aliphatic carbocycles. The second kappa shape index (κ2) is 53.0. The van der Waals surface area contributed by atoms with E-state index in [0.29, 0.717) is 73.6 Å². The van der Waals surface area contributed by atoms with Gasteiger partial charge in [-0.3, -0.25) is 25.0 Å². The number of carbonyl (C=O) groups is 5. The number of nitrogens with zero attached hydrogens (tertiary/aromatic N) is 10. The molecular formula is C79H89B5BrCl3F10KN11O12. The Labute approximate surface area is 773 Å². The number of nitrogens with two attached hydrogens (primary N) is 1. The maximum atomic E-state index is 14.6. The molecular weight excluding hydrogens is 1760 g/mol. The minimum atomic E-state index is -4.62. The van der Waals surface area contributed by atoms with Crippen LogP contribution in [-0.4, -0.2) is 187 Å². The van der Waals surface area contributed by atoms with Crippen molar-refractivity contribution < 1.29 is 145 Å². The number of nitrogen functional groups attached to an aromatic ring is 1. The molecule has 0 atom stereocenters. The van der Waals surface area contributed by atoms with Crippen molar-refractivity contribution in [2.75, 3.05) is 65.2 Å². The molecule has 5 aliphatic heterocycles. The second-order valence-corrected chi connectivity index (χ2v) is 29.2. The molecule has 5 aromatic carbocycles. The van der Waals surface area contributed by atoms with E-state index < -0.39 is 55.3 Å². The number of nitro groups is 2. The summed E-state index contributed by atoms with van der Waals surface area (Å²) >= 11 is 18.8. The van der Waals surface area contributed by atoms with E-state index >= 15 is 0 Å². The predicted octanol–water partition coefficient (Wildman–Crippen LogP) is 13.7. The number of halogens is 14. The van der Waals surface area contributed by atoms with Crippen molar-refractivity contribution in [1.29, 1.82) is 0 Å². The van der Waals surface area contributed by atoms with E-state index in [-0.39, 0.29) is 163 Å². The number of esters is 1. The number of aromatic nitrogens is 4. The quantitative estimate of drug-likeness (QED) is 0.00798. The number of hydrogen-bond donors (Lipinski definition) is 1. The first-order valence-electron chi connectivity index (χ1n) is 35.9. The number of non-ortho nitro benzene ring substituents is 2. The van der Waals surface area contributed by atoms with E-state index in [4.69, 9.17) is 56.3 Å². The number of methoxy groups -OCH3 is 1. The Kier molecular flexibility index (Phi) is 48.0. The van der Waals surface area contributed by atoms with Crippen LogP contribution in [0, 0.1) is 55.8 Å². The van der Waals surface area contributed by atoms with Crippen molar-refractivity contribution in [3.8, 4) is 12.3 Å². The summed E-state index contributed by atoms with van der Waals surface area (Å²) in [4.78, 5) is 93.3. The fourth-order valence-electron chi connectivity index (χ4n) is 12.0. The largest absolute Gasteiger partial charge is 1.00 e. The van der Waals surface area contributed by atoms with Gasteiger partial charge in [0, 0.05) is 60.9 Å². The van der Waals surface area contributed by atoms with Crippen LogP contribution in [0.3, 0.4) is 0 Å². The molecule has 12 rings (SSSR count). The molecule has 23 nitrogen and oxygen atoms in total. The van der Waals surface area contributed by atoms with Crippen LogP contribution >= 0.6 is 50.7 Å². The fraction of sp³-hybridized carbons (Fsp3) is 0.380. The molecule has 3 saturated heterocycles. The second-order valence-electron chi connectivity index (χ2n) is 27.3. The number of carbonyl (C=O) groups excluding carboxylic acids is 5. The number of terminal acetylenes is 1. The van der Waals surface area contributed by atoms with Crippen molar-refractivity contribution >= 4 is 141 Å². The summed E-state index contributed by atoms with van der Waals surface area (Å²) in [5, 5.41) is 18.9. The molecule has 7 heterocycles. The van der Waals surface area contributed by atoms with Gasteiger partial charge in [0.05, 0.1) is 75.9 Å². The van der Waals surface area contributed by atoms with Crippen molar-refractivity contribution in [3.63, 3.8) is 0 Å². The van der Waals surface area contributed by atoms with Crippen LogP contribution < -0.4 is 57.1 Å². The standard InChI is InChI=1S/C18H16BClF4N3O.C12H20B2NO3.C12H11BFN2O3.C12H15BFN2O.C11H10O2.C6H3BrFNO2.C5HCl2F3N2.3CH4.K.H/c20-17-14(18(22,23)24)9-25-16(26-17)8-11-1-2-13(15(21)7-11)12-3-5-27(6-4-12)19-10-28;1-11(2)12(3,4)18-14(17-11)10-5-7-15(8-6-10)13-9-16;14-12-7-10(16(18)19)1-2-11(12)9-3-5-15(6-4-9)13-8-17;14-12-7-10(15)1-2-11(12)9-3-5-16(6-4-9)13-8-17;1-3-9-6-4-5-7-10(9)8-11(12)13-2;7-5-2-1-4(9(10)11)3-6(5)8;6-3-2(5(8,9)10)1-11-4(7)12-3;;;;;/h1-2,7,9-10,12H,3-6,8H2;5,9H,6-8H2,1-4H3;1-3,7-8H,4-6H2;1-2,7-9H,3-6,15H2;1,4-7H,8H2,2H3;1-3H;1H;3*1H4;;/q;;;;;;;;;;+1;-1. The van der Waals surface area contributed by atoms with Crippen LogP contribution in [0.25, 0.3) is 5.57 Å². The van der Waals surface area contributed by atoms with E-state index in [1.54, 1.807) is 45.2 Å². The van der Waals surface area contributed by atoms with E-state index in [0.717, 1.165) is 111 Å². The SMILES string of the molecule is C.C.C.C#Cc1ccccc1CC(=O)OC.CC1(C)OB(C2=CCN([B]C=O)CC2)OC1(C)C.FC(F)(F)c1cnc(Cl)nc1Cl.Nc1ccc(C2CCN([B]C=O)CC2)c(F)c1.O=C[B]N1CC=C(c2ccc([N+](=O)[O-])cc2F)CC1.O=C[B]N1CCC(c2ccc(Cc3ncc(C(F)(F)F)c(Cl)n3)cc2F)CC1.O=[N+]([O-])c1ccc(Br)c(F)c1.[H-].[K+]. The fourth-order valence-corrected chi connectivity index (χ4v) is 12.9. The average molecular weight is 1850 g/mol. The molecule has 0 bridgehead atoms. The molecule has 646 valence electrons. The van der Waals surface area contributed by atoms with Gasteiger partial charge in [0.15, 0.2) is 0 Å². The zero-order valence-corrected chi connectivity index (χ0v) is 72.0. The summed E-state index contributed by atoms with van der Waals surface area (Å²) in [5.41, 5.74) is 8.56. The molecule has 5 aliphatic rings. The van der Waals surface area contributed by atoms with Crippen LogP contribution in [0.15, 0.2) is 132 Å². The Morgan fingerprint density at radius 2 is 1.12 bits per heavy atom. The normalized spacial score (nSPS) is 15.6. The van der Waals surface area contributed by atoms with E-state index in [2.05, 4.69) is 80.3 Å². The van der Waals surface area contributed by atoms with E-state index in [9.17, 15) is 88.1 Å². The molecule has 0 saturated carbocycles. The van der Waals surface area contributed by atoms with Gasteiger partial charge in [-0.1, -0.05) is 100.0 Å². The number of nitro benzene ring substituents is 2. The number of ether oxygens (including phenoxy) is 1. The maximum Gasteiger partial charge on any atom is 1.00 e. The third-order valence-corrected chi connectivity index (χ3v) is 20.4. The summed E-state index contributed by atoms with van der Waals surface area (Å²) in [6.45, 7) is 13.9. The monoisotopic (exact) mass is 1850 g/mol. The number of hydrogen-bond acceptors (Lipinski definition) is 21. The first-order chi connectivity index (χ1) is 55.7. The molecule has 7 aromatic rings. The van der Waals surface area contributed by atoms with Gasteiger partial charge >= 0.3 is 76.8 Å². The molecule has 3 fully saturated rings. The van der Waals surface area contributed by atoms with Gasteiger partial charge in [0.2, 0.25) is 5.28 Å². The van der Waals surface area contributed by atoms with Gasteiger partial charge in [-0.2, -0.15) is 26.3 Å². The molecule has 122 heavy (non-hydrogen) atoms. The molecule has 43 heteroatoms. The third-order valence-electron chi connectivity index (χ3n) is 19.0. The Morgan fingerprint density at radius 1 is 0.656 bits per heavy atom. The Balaban J connectivity index is 0.000000728. The zero-order chi connectivity index (χ0) is 87.2. The van der Waals surface area contributed by atoms with Gasteiger partial charge in [-0.15, -0.1) is 6.42 Å². The summed E-state index contributed by atoms with van der Waals surface area (Å²) in [6, 6.07) is 24.0. The topological polar surface area (TPSA) is 290 Å². The molecule has 0 amide bonds. The van der Waals surface area contributed by atoms with Crippen LogP contribution in [0.5, 0.6) is 0 Å². The van der Waals surface area contributed by atoms with Gasteiger partial charge in [-0.05, 0) is 215 Å². The number of alkyl halides is 6. The summed E-state index contributed by atoms with van der Waals surface area (Å²) in [5.74, 6) is 0.812. The Morgan fingerprint density at radius 3 is 1.55 bits per heavy atom. The van der Waals surface area contributed by atoms with E-state index in [1.807, 2.05) is 43.5 Å². The molecule has 0 unspecified atom stereocenters. The van der Waals surface area contributed by atoms with E-state index in [1.165, 1.54) is 63.8 Å². The summed E-state index contributed by atoms with van der Waals surface area (Å²) in [7, 11) is 7.19. The van der Waals surface area contributed by atoms with Crippen molar-refractivity contribution in [3.05, 3.63) is 241 Å². The average Bonchev–Trinajstić information content (AvgIpc) is 1.61. The minimum Gasteiger partial charge on any atom is -1.00 e. The third kappa shape index (κ3) is 34.7. The van der Waals surface area contributed by atoms with Gasteiger partial charge in [0.25, 0.3) is 41.0 Å². The molecule has 0 spiro atoms. The zero-order valence-electron chi connectivity index (χ0n) is 66.0. The number of anilines is 1. The van der Waals surface area contributed by atoms with Gasteiger partial charge in [-0.25, -0.2) is 37.5 Å². The maximum absolute atomic E-state index is 14.6. The summed E-state index contributed by atoms with van der Waals surface area (Å²) in [6.07, 6.45) is 9.27. The van der Waals surface area contributed by atoms with Crippen LogP contribution in [-0.2, 0) is 63.2 Å². The van der Waals surface area contributed by atoms with Gasteiger partial charge in [0.1, 0.15) is 50.5 Å². The number of benzene rings is 5. The van der Waals surface area contributed by atoms with Crippen molar-refractivity contribution in [2.24, 2.45) is 0 Å². The first kappa shape index (κ1) is 110. The van der Waals surface area contributed by atoms with Gasteiger partial charge < -0.3 is 59.6 Å². The minimum absolute atomic E-state index is 0. The van der Waals surface area contributed by atoms with Crippen LogP contribution in [0.1, 0.15) is 152 Å². The molecule has 2 N–H and O–H groups in total. The Hall–Kier alpha value is -7.58. The van der Waals surface area contributed by atoms with Crippen molar-refractivity contribution in [1.82, 2.24) is 39.2 Å². The number of piperidine rings is 2. The van der Waals surface area contributed by atoms with Crippen LogP contribution in [0.2, 0.25) is 15.6 Å². The summed E-state index contributed by atoms with van der Waals surface area (Å²) < 4.78 is 146.